The van der Waals surface area contributed by atoms with E-state index < -0.39 is 5.25 Å². The molecule has 1 aliphatic rings. The Morgan fingerprint density at radius 2 is 1.78 bits per heavy atom. The topological polar surface area (TPSA) is 65.5 Å². The molecule has 0 spiro atoms. The van der Waals surface area contributed by atoms with Crippen LogP contribution in [-0.4, -0.2) is 28.3 Å². The zero-order valence-electron chi connectivity index (χ0n) is 16.9. The fraction of sp³-hybridized carbons (Fsp3) is 0.0800. The first kappa shape index (κ1) is 20.2. The minimum Gasteiger partial charge on any atom is -0.361 e. The van der Waals surface area contributed by atoms with Crippen molar-refractivity contribution in [2.45, 2.75) is 16.6 Å². The number of aromatic nitrogens is 1. The van der Waals surface area contributed by atoms with Crippen LogP contribution in [0.5, 0.6) is 0 Å². The highest BCUT2D eigenvalue weighted by atomic mass is 32.2. The molecule has 32 heavy (non-hydrogen) atoms. The number of nitrogens with one attached hydrogen (secondary N) is 1. The zero-order valence-corrected chi connectivity index (χ0v) is 17.7. The molecule has 1 atom stereocenters. The third kappa shape index (κ3) is 4.07. The summed E-state index contributed by atoms with van der Waals surface area (Å²) in [5.41, 5.74) is 3.02. The van der Waals surface area contributed by atoms with Gasteiger partial charge in [-0.05, 0) is 65.5 Å². The zero-order chi connectivity index (χ0) is 22.1. The van der Waals surface area contributed by atoms with Crippen LogP contribution in [0.15, 0.2) is 88.9 Å². The van der Waals surface area contributed by atoms with E-state index in [4.69, 9.17) is 0 Å². The van der Waals surface area contributed by atoms with Crippen molar-refractivity contribution in [3.8, 4) is 0 Å². The maximum atomic E-state index is 13.0. The number of H-pyrrole nitrogens is 1. The summed E-state index contributed by atoms with van der Waals surface area (Å²) in [6, 6.07) is 21.0. The van der Waals surface area contributed by atoms with E-state index >= 15 is 0 Å². The lowest BCUT2D eigenvalue weighted by Gasteiger charge is -2.15. The average molecular weight is 444 g/mol. The van der Waals surface area contributed by atoms with Crippen molar-refractivity contribution in [3.05, 3.63) is 90.4 Å². The van der Waals surface area contributed by atoms with Gasteiger partial charge in [-0.2, -0.15) is 0 Å². The first-order valence-corrected chi connectivity index (χ1v) is 10.9. The molecular formula is C25H18FN3O2S. The predicted octanol–water partition coefficient (Wildman–Crippen LogP) is 5.48. The van der Waals surface area contributed by atoms with Crippen LogP contribution in [0.4, 0.5) is 15.8 Å². The van der Waals surface area contributed by atoms with Gasteiger partial charge < -0.3 is 4.98 Å². The summed E-state index contributed by atoms with van der Waals surface area (Å²) in [4.78, 5) is 35.2. The summed E-state index contributed by atoms with van der Waals surface area (Å²) >= 11 is 1.38. The molecule has 3 aromatic carbocycles. The van der Waals surface area contributed by atoms with E-state index in [1.807, 2.05) is 48.7 Å². The van der Waals surface area contributed by atoms with Gasteiger partial charge in [0.25, 0.3) is 0 Å². The quantitative estimate of drug-likeness (QED) is 0.328. The second kappa shape index (κ2) is 8.43. The van der Waals surface area contributed by atoms with Crippen LogP contribution in [-0.2, 0) is 9.59 Å². The van der Waals surface area contributed by atoms with Crippen LogP contribution in [0.2, 0.25) is 0 Å². The molecule has 1 aromatic heterocycles. The second-order valence-corrected chi connectivity index (χ2v) is 8.71. The number of halogens is 1. The molecular weight excluding hydrogens is 425 g/mol. The van der Waals surface area contributed by atoms with E-state index in [0.29, 0.717) is 5.69 Å². The average Bonchev–Trinajstić information content (AvgIpc) is 3.37. The number of hydrogen-bond donors (Lipinski definition) is 1. The number of benzene rings is 3. The maximum absolute atomic E-state index is 13.0. The number of aliphatic imine (C=N–C) groups is 1. The lowest BCUT2D eigenvalue weighted by Crippen LogP contribution is -2.31. The number of amides is 2. The van der Waals surface area contributed by atoms with Gasteiger partial charge in [-0.1, -0.05) is 18.2 Å². The summed E-state index contributed by atoms with van der Waals surface area (Å²) in [7, 11) is 0. The molecule has 5 nitrogen and oxygen atoms in total. The van der Waals surface area contributed by atoms with Gasteiger partial charge in [0.1, 0.15) is 5.82 Å². The van der Waals surface area contributed by atoms with Crippen LogP contribution in [0.3, 0.4) is 0 Å². The molecule has 0 radical (unpaired) electrons. The summed E-state index contributed by atoms with van der Waals surface area (Å²) in [5.74, 6) is -0.685. The number of aromatic amines is 1. The van der Waals surface area contributed by atoms with Crippen molar-refractivity contribution in [1.29, 1.82) is 0 Å². The van der Waals surface area contributed by atoms with Crippen LogP contribution in [0.1, 0.15) is 12.0 Å². The van der Waals surface area contributed by atoms with Crippen LogP contribution >= 0.6 is 11.8 Å². The van der Waals surface area contributed by atoms with E-state index in [0.717, 1.165) is 27.0 Å². The molecule has 1 saturated heterocycles. The highest BCUT2D eigenvalue weighted by molar-refractivity contribution is 8.00. The Morgan fingerprint density at radius 1 is 1.00 bits per heavy atom. The molecule has 7 heteroatoms. The van der Waals surface area contributed by atoms with Gasteiger partial charge in [-0.3, -0.25) is 14.6 Å². The van der Waals surface area contributed by atoms with Crippen LogP contribution in [0, 0.1) is 5.82 Å². The van der Waals surface area contributed by atoms with E-state index in [1.165, 1.54) is 28.8 Å². The van der Waals surface area contributed by atoms with Crippen LogP contribution in [0.25, 0.3) is 10.9 Å². The largest absolute Gasteiger partial charge is 0.361 e. The number of imide groups is 1. The smallest absolute Gasteiger partial charge is 0.247 e. The van der Waals surface area contributed by atoms with E-state index in [1.54, 1.807) is 24.4 Å². The third-order valence-electron chi connectivity index (χ3n) is 5.25. The summed E-state index contributed by atoms with van der Waals surface area (Å²) in [6.07, 6.45) is 3.66. The highest BCUT2D eigenvalue weighted by Crippen LogP contribution is 2.35. The van der Waals surface area contributed by atoms with Gasteiger partial charge in [0.2, 0.25) is 11.8 Å². The normalized spacial score (nSPS) is 16.5. The van der Waals surface area contributed by atoms with Crippen molar-refractivity contribution in [2.75, 3.05) is 4.90 Å². The van der Waals surface area contributed by atoms with Crippen molar-refractivity contribution in [1.82, 2.24) is 4.98 Å². The Hall–Kier alpha value is -3.71. The molecule has 1 unspecified atom stereocenters. The van der Waals surface area contributed by atoms with Crippen molar-refractivity contribution >= 4 is 52.1 Å². The molecule has 2 amide bonds. The highest BCUT2D eigenvalue weighted by Gasteiger charge is 2.40. The number of carbonyl (C=O) groups excluding carboxylic acids is 2. The van der Waals surface area contributed by atoms with Crippen LogP contribution < -0.4 is 4.90 Å². The number of thioether (sulfide) groups is 1. The molecule has 1 fully saturated rings. The SMILES string of the molecule is O=C1CC(Sc2ccc(N=Cc3ccc(F)cc3)cc2)C(=O)N1c1ccc2cc[nH]c2c1. The predicted molar refractivity (Wildman–Crippen MR) is 125 cm³/mol. The van der Waals surface area contributed by atoms with Crippen molar-refractivity contribution in [2.24, 2.45) is 4.99 Å². The molecule has 0 saturated carbocycles. The van der Waals surface area contributed by atoms with E-state index in [9.17, 15) is 14.0 Å². The number of anilines is 1. The molecule has 2 heterocycles. The first-order valence-electron chi connectivity index (χ1n) is 10.1. The molecule has 0 aliphatic carbocycles. The molecule has 158 valence electrons. The Morgan fingerprint density at radius 3 is 2.56 bits per heavy atom. The van der Waals surface area contributed by atoms with Gasteiger partial charge in [0.05, 0.1) is 16.6 Å². The molecule has 5 rings (SSSR count). The van der Waals surface area contributed by atoms with Crippen molar-refractivity contribution in [3.63, 3.8) is 0 Å². The molecule has 0 bridgehead atoms. The molecule has 1 aliphatic heterocycles. The van der Waals surface area contributed by atoms with Gasteiger partial charge in [0, 0.05) is 29.2 Å². The fourth-order valence-corrected chi connectivity index (χ4v) is 4.67. The monoisotopic (exact) mass is 443 g/mol. The standard InChI is InChI=1S/C25H18FN3O2S/c26-18-4-1-16(2-5-18)15-28-19-6-9-21(10-7-19)32-23-14-24(30)29(25(23)31)20-8-3-17-11-12-27-22(17)13-20/h1-13,15,23,27H,14H2. The Kier molecular flexibility index (Phi) is 5.33. The third-order valence-corrected chi connectivity index (χ3v) is 6.45. The lowest BCUT2D eigenvalue weighted by molar-refractivity contribution is -0.121. The number of nitrogens with zero attached hydrogens (tertiary/aromatic N) is 2. The lowest BCUT2D eigenvalue weighted by atomic mass is 10.2. The Balaban J connectivity index is 1.27. The summed E-state index contributed by atoms with van der Waals surface area (Å²) in [6.45, 7) is 0. The number of hydrogen-bond acceptors (Lipinski definition) is 4. The number of carbonyl (C=O) groups is 2. The first-order chi connectivity index (χ1) is 15.6. The maximum Gasteiger partial charge on any atom is 0.247 e. The van der Waals surface area contributed by atoms with Gasteiger partial charge in [0.15, 0.2) is 0 Å². The van der Waals surface area contributed by atoms with Gasteiger partial charge in [-0.15, -0.1) is 11.8 Å². The summed E-state index contributed by atoms with van der Waals surface area (Å²) in [5, 5.41) is 0.566. The Labute approximate surface area is 188 Å². The second-order valence-electron chi connectivity index (χ2n) is 7.43. The van der Waals surface area contributed by atoms with Crippen molar-refractivity contribution < 1.29 is 14.0 Å². The van der Waals surface area contributed by atoms with E-state index in [-0.39, 0.29) is 24.1 Å². The number of rotatable bonds is 5. The fourth-order valence-electron chi connectivity index (χ4n) is 3.62. The molecule has 4 aromatic rings. The number of fused-ring (bicyclic) bond motifs is 1. The summed E-state index contributed by atoms with van der Waals surface area (Å²) < 4.78 is 13.0. The van der Waals surface area contributed by atoms with Gasteiger partial charge in [-0.25, -0.2) is 9.29 Å². The minimum absolute atomic E-state index is 0.163. The van der Waals surface area contributed by atoms with E-state index in [2.05, 4.69) is 9.98 Å². The minimum atomic E-state index is -0.463. The Bertz CT molecular complexity index is 1330. The molecule has 1 N–H and O–H groups in total. The van der Waals surface area contributed by atoms with Gasteiger partial charge >= 0.3 is 0 Å².